The molecule has 1 amide bonds. The highest BCUT2D eigenvalue weighted by atomic mass is 19.4. The fourth-order valence-corrected chi connectivity index (χ4v) is 2.89. The smallest absolute Gasteiger partial charge is 0.365 e. The van der Waals surface area contributed by atoms with Crippen LogP contribution in [0.15, 0.2) is 42.5 Å². The minimum Gasteiger partial charge on any atom is -0.365 e. The van der Waals surface area contributed by atoms with Gasteiger partial charge in [0, 0.05) is 18.2 Å². The lowest BCUT2D eigenvalue weighted by Gasteiger charge is -2.13. The Kier molecular flexibility index (Phi) is 4.46. The molecule has 0 unspecified atom stereocenters. The normalized spacial score (nSPS) is 11.6. The van der Waals surface area contributed by atoms with Gasteiger partial charge in [-0.1, -0.05) is 24.3 Å². The van der Waals surface area contributed by atoms with Crippen LogP contribution in [0.5, 0.6) is 0 Å². The van der Waals surface area contributed by atoms with Crippen LogP contribution in [0.25, 0.3) is 22.4 Å². The zero-order valence-corrected chi connectivity index (χ0v) is 13.8. The summed E-state index contributed by atoms with van der Waals surface area (Å²) in [4.78, 5) is 11.8. The Hall–Kier alpha value is -3.23. The number of nitrogens with two attached hydrogens (primary N) is 1. The summed E-state index contributed by atoms with van der Waals surface area (Å²) >= 11 is 0. The molecule has 3 rings (SSSR count). The number of hydrogen-bond acceptors (Lipinski definition) is 2. The number of carbonyl (C=O) groups is 1. The summed E-state index contributed by atoms with van der Waals surface area (Å²) in [5, 5.41) is 3.34. The minimum absolute atomic E-state index is 0.0256. The van der Waals surface area contributed by atoms with Gasteiger partial charge >= 0.3 is 6.18 Å². The van der Waals surface area contributed by atoms with Crippen LogP contribution >= 0.6 is 0 Å². The molecule has 0 aliphatic rings. The highest BCUT2D eigenvalue weighted by molar-refractivity contribution is 6.02. The number of aromatic nitrogens is 2. The van der Waals surface area contributed by atoms with Crippen molar-refractivity contribution in [2.75, 3.05) is 0 Å². The van der Waals surface area contributed by atoms with Gasteiger partial charge in [-0.2, -0.15) is 18.3 Å². The summed E-state index contributed by atoms with van der Waals surface area (Å²) in [7, 11) is 1.16. The molecule has 0 saturated carbocycles. The van der Waals surface area contributed by atoms with E-state index in [1.54, 1.807) is 0 Å². The van der Waals surface area contributed by atoms with E-state index in [0.717, 1.165) is 29.9 Å². The zero-order valence-electron chi connectivity index (χ0n) is 13.8. The fraction of sp³-hybridized carbons (Fsp3) is 0.111. The number of primary amides is 1. The van der Waals surface area contributed by atoms with Crippen molar-refractivity contribution in [2.24, 2.45) is 12.8 Å². The summed E-state index contributed by atoms with van der Waals surface area (Å²) < 4.78 is 68.7. The van der Waals surface area contributed by atoms with Crippen LogP contribution in [-0.4, -0.2) is 15.7 Å². The topological polar surface area (TPSA) is 60.9 Å². The summed E-state index contributed by atoms with van der Waals surface area (Å²) in [6.45, 7) is 0. The quantitative estimate of drug-likeness (QED) is 0.693. The number of nitrogens with zero attached hydrogens (tertiary/aromatic N) is 2. The standard InChI is InChI=1S/C18H12F5N3O/c1-26-15(14(17(24)27)16(25-26)18(21,22)23)12-8-9(19)6-7-10(12)11-4-2-3-5-13(11)20/h2-8H,1H3,(H2,24,27). The van der Waals surface area contributed by atoms with Gasteiger partial charge in [0.05, 0.1) is 11.3 Å². The van der Waals surface area contributed by atoms with Gasteiger partial charge in [-0.25, -0.2) is 8.78 Å². The molecular weight excluding hydrogens is 369 g/mol. The third kappa shape index (κ3) is 3.27. The van der Waals surface area contributed by atoms with Crippen LogP contribution in [0.2, 0.25) is 0 Å². The van der Waals surface area contributed by atoms with Crippen LogP contribution in [-0.2, 0) is 13.2 Å². The summed E-state index contributed by atoms with van der Waals surface area (Å²) in [6, 6.07) is 8.66. The Morgan fingerprint density at radius 2 is 1.70 bits per heavy atom. The van der Waals surface area contributed by atoms with Gasteiger partial charge in [0.1, 0.15) is 11.6 Å². The Morgan fingerprint density at radius 3 is 2.30 bits per heavy atom. The Labute approximate surface area is 150 Å². The summed E-state index contributed by atoms with van der Waals surface area (Å²) in [5.41, 5.74) is 2.38. The number of rotatable bonds is 3. The Morgan fingerprint density at radius 1 is 1.04 bits per heavy atom. The van der Waals surface area contributed by atoms with Crippen molar-refractivity contribution in [3.8, 4) is 22.4 Å². The maximum atomic E-state index is 14.2. The van der Waals surface area contributed by atoms with Crippen LogP contribution in [0.1, 0.15) is 16.1 Å². The second-order valence-corrected chi connectivity index (χ2v) is 5.73. The van der Waals surface area contributed by atoms with Gasteiger partial charge in [0.2, 0.25) is 0 Å². The first-order valence-electron chi connectivity index (χ1n) is 7.60. The van der Waals surface area contributed by atoms with E-state index in [9.17, 15) is 26.7 Å². The van der Waals surface area contributed by atoms with Crippen molar-refractivity contribution in [3.63, 3.8) is 0 Å². The first-order valence-corrected chi connectivity index (χ1v) is 7.60. The second-order valence-electron chi connectivity index (χ2n) is 5.73. The SMILES string of the molecule is Cn1nc(C(F)(F)F)c(C(N)=O)c1-c1cc(F)ccc1-c1ccccc1F. The monoisotopic (exact) mass is 381 g/mol. The average Bonchev–Trinajstić information content (AvgIpc) is 2.93. The highest BCUT2D eigenvalue weighted by Crippen LogP contribution is 2.40. The Bertz CT molecular complexity index is 1040. The molecule has 0 spiro atoms. The second kappa shape index (κ2) is 6.49. The lowest BCUT2D eigenvalue weighted by atomic mass is 9.94. The van der Waals surface area contributed by atoms with Crippen LogP contribution in [0.3, 0.4) is 0 Å². The van der Waals surface area contributed by atoms with Gasteiger partial charge in [-0.15, -0.1) is 0 Å². The van der Waals surface area contributed by atoms with E-state index in [1.165, 1.54) is 24.3 Å². The zero-order chi connectivity index (χ0) is 19.9. The van der Waals surface area contributed by atoms with E-state index < -0.39 is 35.0 Å². The maximum Gasteiger partial charge on any atom is 0.435 e. The number of carbonyl (C=O) groups excluding carboxylic acids is 1. The summed E-state index contributed by atoms with van der Waals surface area (Å²) in [6.07, 6.45) is -4.95. The largest absolute Gasteiger partial charge is 0.435 e. The first kappa shape index (κ1) is 18.6. The highest BCUT2D eigenvalue weighted by Gasteiger charge is 2.41. The number of hydrogen-bond donors (Lipinski definition) is 1. The van der Waals surface area contributed by atoms with Gasteiger partial charge in [-0.05, 0) is 23.8 Å². The first-order chi connectivity index (χ1) is 12.6. The predicted octanol–water partition coefficient (Wildman–Crippen LogP) is 4.15. The van der Waals surface area contributed by atoms with Crippen LogP contribution < -0.4 is 5.73 Å². The lowest BCUT2D eigenvalue weighted by molar-refractivity contribution is -0.141. The van der Waals surface area contributed by atoms with Crippen molar-refractivity contribution < 1.29 is 26.7 Å². The van der Waals surface area contributed by atoms with Gasteiger partial charge in [-0.3, -0.25) is 9.48 Å². The van der Waals surface area contributed by atoms with E-state index in [1.807, 2.05) is 0 Å². The molecule has 0 aliphatic carbocycles. The molecule has 2 N–H and O–H groups in total. The molecule has 0 saturated heterocycles. The van der Waals surface area contributed by atoms with Crippen molar-refractivity contribution in [1.29, 1.82) is 0 Å². The van der Waals surface area contributed by atoms with E-state index in [2.05, 4.69) is 5.10 Å². The molecular formula is C18H12F5N3O. The van der Waals surface area contributed by atoms with Crippen molar-refractivity contribution in [3.05, 3.63) is 65.4 Å². The van der Waals surface area contributed by atoms with Crippen molar-refractivity contribution in [1.82, 2.24) is 9.78 Å². The van der Waals surface area contributed by atoms with Crippen LogP contribution in [0, 0.1) is 11.6 Å². The van der Waals surface area contributed by atoms with Gasteiger partial charge in [0.25, 0.3) is 5.91 Å². The average molecular weight is 381 g/mol. The minimum atomic E-state index is -4.95. The molecule has 9 heteroatoms. The number of aryl methyl sites for hydroxylation is 1. The number of benzene rings is 2. The lowest BCUT2D eigenvalue weighted by Crippen LogP contribution is -2.18. The molecule has 0 bridgehead atoms. The fourth-order valence-electron chi connectivity index (χ4n) is 2.89. The van der Waals surface area contributed by atoms with Crippen molar-refractivity contribution >= 4 is 5.91 Å². The Balaban J connectivity index is 2.40. The third-order valence-electron chi connectivity index (χ3n) is 3.96. The molecule has 0 aliphatic heterocycles. The van der Waals surface area contributed by atoms with Crippen LogP contribution in [0.4, 0.5) is 22.0 Å². The molecule has 3 aromatic rings. The molecule has 0 fully saturated rings. The van der Waals surface area contributed by atoms with E-state index in [-0.39, 0.29) is 22.4 Å². The number of alkyl halides is 3. The third-order valence-corrected chi connectivity index (χ3v) is 3.96. The molecule has 2 aromatic carbocycles. The summed E-state index contributed by atoms with van der Waals surface area (Å²) in [5.74, 6) is -2.83. The predicted molar refractivity (Wildman–Crippen MR) is 87.5 cm³/mol. The number of amides is 1. The van der Waals surface area contributed by atoms with Gasteiger partial charge < -0.3 is 5.73 Å². The molecule has 1 heterocycles. The number of halogens is 5. The maximum absolute atomic E-state index is 14.2. The van der Waals surface area contributed by atoms with E-state index in [4.69, 9.17) is 5.73 Å². The molecule has 1 aromatic heterocycles. The molecule has 4 nitrogen and oxygen atoms in total. The molecule has 27 heavy (non-hydrogen) atoms. The van der Waals surface area contributed by atoms with E-state index >= 15 is 0 Å². The molecule has 0 radical (unpaired) electrons. The van der Waals surface area contributed by atoms with Crippen molar-refractivity contribution in [2.45, 2.75) is 6.18 Å². The van der Waals surface area contributed by atoms with E-state index in [0.29, 0.717) is 0 Å². The molecule has 140 valence electrons. The molecule has 0 atom stereocenters. The van der Waals surface area contributed by atoms with Gasteiger partial charge in [0.15, 0.2) is 5.69 Å².